The molecule has 0 amide bonds. The Labute approximate surface area is 128 Å². The van der Waals surface area contributed by atoms with Gasteiger partial charge in [-0.25, -0.2) is 0 Å². The average molecular weight is 290 g/mol. The van der Waals surface area contributed by atoms with Crippen molar-refractivity contribution in [2.45, 2.75) is 90.3 Å². The molecule has 0 saturated heterocycles. The summed E-state index contributed by atoms with van der Waals surface area (Å²) in [6, 6.07) is 0. The Kier molecular flexibility index (Phi) is 1.98. The molecular formula is C19H30O2. The van der Waals surface area contributed by atoms with Gasteiger partial charge in [-0.2, -0.15) is 0 Å². The second kappa shape index (κ2) is 3.11. The molecule has 5 rings (SSSR count). The van der Waals surface area contributed by atoms with Gasteiger partial charge in [-0.1, -0.05) is 13.8 Å². The highest BCUT2D eigenvalue weighted by Crippen LogP contribution is 2.84. The van der Waals surface area contributed by atoms with Gasteiger partial charge in [0.1, 0.15) is 0 Å². The van der Waals surface area contributed by atoms with Crippen LogP contribution >= 0.6 is 0 Å². The van der Waals surface area contributed by atoms with E-state index < -0.39 is 5.60 Å². The van der Waals surface area contributed by atoms with E-state index in [4.69, 9.17) is 0 Å². The maximum absolute atomic E-state index is 10.9. The second-order valence-electron chi connectivity index (χ2n) is 11.4. The topological polar surface area (TPSA) is 40.5 Å². The molecule has 0 bridgehead atoms. The SMILES string of the molecule is CC1(C)CC2(C1)CC1(C2)CC2(CC3(CC(C)(O)C3)C2)C1O. The van der Waals surface area contributed by atoms with Crippen LogP contribution in [0.4, 0.5) is 0 Å². The molecule has 5 aliphatic carbocycles. The van der Waals surface area contributed by atoms with Crippen LogP contribution in [0.3, 0.4) is 0 Å². The van der Waals surface area contributed by atoms with Gasteiger partial charge < -0.3 is 10.2 Å². The van der Waals surface area contributed by atoms with E-state index in [1.54, 1.807) is 0 Å². The second-order valence-corrected chi connectivity index (χ2v) is 11.4. The molecule has 1 atom stereocenters. The largest absolute Gasteiger partial charge is 0.392 e. The molecule has 2 heteroatoms. The van der Waals surface area contributed by atoms with Gasteiger partial charge in [0.2, 0.25) is 0 Å². The third kappa shape index (κ3) is 1.47. The zero-order valence-corrected chi connectivity index (χ0v) is 13.8. The lowest BCUT2D eigenvalue weighted by Crippen LogP contribution is -2.76. The number of aliphatic hydroxyl groups is 2. The van der Waals surface area contributed by atoms with Crippen molar-refractivity contribution in [2.75, 3.05) is 0 Å². The fraction of sp³-hybridized carbons (Fsp3) is 1.00. The van der Waals surface area contributed by atoms with Gasteiger partial charge >= 0.3 is 0 Å². The highest BCUT2D eigenvalue weighted by atomic mass is 16.3. The summed E-state index contributed by atoms with van der Waals surface area (Å²) in [5.74, 6) is 0. The molecule has 0 aromatic carbocycles. The fourth-order valence-electron chi connectivity index (χ4n) is 8.98. The van der Waals surface area contributed by atoms with E-state index >= 15 is 0 Å². The summed E-state index contributed by atoms with van der Waals surface area (Å²) in [5.41, 5.74) is 1.75. The predicted octanol–water partition coefficient (Wildman–Crippen LogP) is 3.65. The van der Waals surface area contributed by atoms with Gasteiger partial charge in [0.15, 0.2) is 0 Å². The first-order valence-corrected chi connectivity index (χ1v) is 8.92. The third-order valence-electron chi connectivity index (χ3n) is 7.99. The summed E-state index contributed by atoms with van der Waals surface area (Å²) in [6.07, 6.45) is 11.0. The van der Waals surface area contributed by atoms with Gasteiger partial charge in [0, 0.05) is 0 Å². The maximum Gasteiger partial charge on any atom is 0.0653 e. The predicted molar refractivity (Wildman–Crippen MR) is 81.7 cm³/mol. The molecule has 0 aliphatic heterocycles. The van der Waals surface area contributed by atoms with Gasteiger partial charge in [-0.05, 0) is 91.8 Å². The number of hydrogen-bond donors (Lipinski definition) is 2. The Morgan fingerprint density at radius 3 is 1.43 bits per heavy atom. The first-order valence-electron chi connectivity index (χ1n) is 8.92. The first kappa shape index (κ1) is 13.4. The van der Waals surface area contributed by atoms with Gasteiger partial charge in [-0.3, -0.25) is 0 Å². The van der Waals surface area contributed by atoms with E-state index in [2.05, 4.69) is 13.8 Å². The molecule has 5 aliphatic rings. The summed E-state index contributed by atoms with van der Waals surface area (Å²) in [5, 5.41) is 20.9. The normalized spacial score (nSPS) is 57.3. The van der Waals surface area contributed by atoms with Crippen molar-refractivity contribution in [3.8, 4) is 0 Å². The summed E-state index contributed by atoms with van der Waals surface area (Å²) in [6.45, 7) is 6.75. The van der Waals surface area contributed by atoms with Crippen molar-refractivity contribution in [1.82, 2.24) is 0 Å². The summed E-state index contributed by atoms with van der Waals surface area (Å²) >= 11 is 0. The van der Waals surface area contributed by atoms with Crippen LogP contribution in [0.15, 0.2) is 0 Å². The molecule has 0 heterocycles. The molecule has 118 valence electrons. The molecule has 4 spiro atoms. The zero-order chi connectivity index (χ0) is 14.9. The summed E-state index contributed by atoms with van der Waals surface area (Å²) in [7, 11) is 0. The van der Waals surface area contributed by atoms with Gasteiger partial charge in [-0.15, -0.1) is 0 Å². The lowest BCUT2D eigenvalue weighted by Gasteiger charge is -2.80. The van der Waals surface area contributed by atoms with Crippen LogP contribution in [-0.2, 0) is 0 Å². The average Bonchev–Trinajstić information content (AvgIpc) is 2.17. The quantitative estimate of drug-likeness (QED) is 0.715. The lowest BCUT2D eigenvalue weighted by atomic mass is 9.25. The van der Waals surface area contributed by atoms with Crippen LogP contribution in [0.2, 0.25) is 0 Å². The lowest BCUT2D eigenvalue weighted by molar-refractivity contribution is -0.351. The van der Waals surface area contributed by atoms with Crippen molar-refractivity contribution < 1.29 is 10.2 Å². The van der Waals surface area contributed by atoms with Crippen molar-refractivity contribution in [1.29, 1.82) is 0 Å². The molecular weight excluding hydrogens is 260 g/mol. The highest BCUT2D eigenvalue weighted by molar-refractivity contribution is 5.28. The summed E-state index contributed by atoms with van der Waals surface area (Å²) < 4.78 is 0. The Bertz CT molecular complexity index is 452. The Balaban J connectivity index is 1.21. The Morgan fingerprint density at radius 1 is 0.667 bits per heavy atom. The first-order chi connectivity index (χ1) is 9.52. The van der Waals surface area contributed by atoms with Crippen LogP contribution in [-0.4, -0.2) is 21.9 Å². The van der Waals surface area contributed by atoms with Crippen molar-refractivity contribution >= 4 is 0 Å². The number of rotatable bonds is 0. The van der Waals surface area contributed by atoms with Gasteiger partial charge in [0.05, 0.1) is 11.7 Å². The molecule has 2 N–H and O–H groups in total. The van der Waals surface area contributed by atoms with Crippen molar-refractivity contribution in [3.63, 3.8) is 0 Å². The monoisotopic (exact) mass is 290 g/mol. The Morgan fingerprint density at radius 2 is 1.10 bits per heavy atom. The van der Waals surface area contributed by atoms with Crippen LogP contribution in [0, 0.1) is 27.1 Å². The fourth-order valence-corrected chi connectivity index (χ4v) is 8.98. The molecule has 5 saturated carbocycles. The maximum atomic E-state index is 10.9. The van der Waals surface area contributed by atoms with E-state index in [9.17, 15) is 10.2 Å². The minimum Gasteiger partial charge on any atom is -0.392 e. The zero-order valence-electron chi connectivity index (χ0n) is 13.8. The van der Waals surface area contributed by atoms with Crippen LogP contribution in [0.5, 0.6) is 0 Å². The molecule has 21 heavy (non-hydrogen) atoms. The molecule has 0 aromatic heterocycles. The van der Waals surface area contributed by atoms with Crippen LogP contribution in [0.1, 0.15) is 78.6 Å². The molecule has 5 fully saturated rings. The Hall–Kier alpha value is -0.0800. The van der Waals surface area contributed by atoms with Crippen molar-refractivity contribution in [3.05, 3.63) is 0 Å². The minimum absolute atomic E-state index is 0.0319. The number of aliphatic hydroxyl groups excluding tert-OH is 1. The van der Waals surface area contributed by atoms with E-state index in [-0.39, 0.29) is 11.5 Å². The highest BCUT2D eigenvalue weighted by Gasteiger charge is 2.78. The van der Waals surface area contributed by atoms with E-state index in [0.717, 1.165) is 12.8 Å². The molecule has 1 unspecified atom stereocenters. The van der Waals surface area contributed by atoms with Crippen LogP contribution in [0.25, 0.3) is 0 Å². The standard InChI is InChI=1S/C19H30O2/c1-14(2)4-16(5-14)8-18(9-16)12-19(13(18)20)10-17(11-19)6-15(3,21)7-17/h13,20-21H,4-12H2,1-3H3. The summed E-state index contributed by atoms with van der Waals surface area (Å²) in [4.78, 5) is 0. The third-order valence-corrected chi connectivity index (χ3v) is 7.99. The number of hydrogen-bond acceptors (Lipinski definition) is 2. The van der Waals surface area contributed by atoms with Crippen molar-refractivity contribution in [2.24, 2.45) is 27.1 Å². The van der Waals surface area contributed by atoms with E-state index in [1.165, 1.54) is 44.9 Å². The van der Waals surface area contributed by atoms with Crippen LogP contribution < -0.4 is 0 Å². The minimum atomic E-state index is -0.411. The molecule has 0 radical (unpaired) electrons. The molecule has 2 nitrogen and oxygen atoms in total. The molecule has 0 aromatic rings. The van der Waals surface area contributed by atoms with E-state index in [0.29, 0.717) is 21.7 Å². The van der Waals surface area contributed by atoms with Gasteiger partial charge in [0.25, 0.3) is 0 Å². The van der Waals surface area contributed by atoms with E-state index in [1.807, 2.05) is 6.92 Å². The smallest absolute Gasteiger partial charge is 0.0653 e.